The minimum Gasteiger partial charge on any atom is -0.382 e. The van der Waals surface area contributed by atoms with Crippen molar-refractivity contribution < 1.29 is 9.47 Å². The van der Waals surface area contributed by atoms with Crippen LogP contribution in [0.2, 0.25) is 0 Å². The van der Waals surface area contributed by atoms with Crippen molar-refractivity contribution in [2.24, 2.45) is 5.92 Å². The second-order valence-corrected chi connectivity index (χ2v) is 3.98. The molecule has 0 aliphatic heterocycles. The Balaban J connectivity index is 2.00. The van der Waals surface area contributed by atoms with Crippen LogP contribution in [-0.4, -0.2) is 40.0 Å². The summed E-state index contributed by atoms with van der Waals surface area (Å²) in [6, 6.07) is 0.723. The summed E-state index contributed by atoms with van der Waals surface area (Å²) in [6.07, 6.45) is 5.25. The lowest BCUT2D eigenvalue weighted by Gasteiger charge is -2.18. The van der Waals surface area contributed by atoms with E-state index in [9.17, 15) is 0 Å². The van der Waals surface area contributed by atoms with E-state index in [2.05, 4.69) is 12.4 Å². The molecule has 1 aliphatic rings. The topological polar surface area (TPSA) is 30.5 Å². The number of methoxy groups -OCH3 is 1. The molecule has 1 N–H and O–H groups in total. The molecule has 2 unspecified atom stereocenters. The van der Waals surface area contributed by atoms with Gasteiger partial charge in [-0.05, 0) is 32.2 Å². The highest BCUT2D eigenvalue weighted by molar-refractivity contribution is 4.81. The predicted molar refractivity (Wildman–Crippen MR) is 57.5 cm³/mol. The van der Waals surface area contributed by atoms with Crippen LogP contribution in [0.1, 0.15) is 25.7 Å². The molecule has 0 aromatic carbocycles. The number of hydrogen-bond acceptors (Lipinski definition) is 3. The van der Waals surface area contributed by atoms with Gasteiger partial charge in [-0.25, -0.2) is 0 Å². The minimum absolute atomic E-state index is 0.708. The van der Waals surface area contributed by atoms with E-state index in [0.717, 1.165) is 25.2 Å². The summed E-state index contributed by atoms with van der Waals surface area (Å²) in [7, 11) is 3.77. The Morgan fingerprint density at radius 3 is 2.79 bits per heavy atom. The third-order valence-electron chi connectivity index (χ3n) is 3.09. The van der Waals surface area contributed by atoms with Crippen molar-refractivity contribution >= 4 is 0 Å². The van der Waals surface area contributed by atoms with Gasteiger partial charge in [0.1, 0.15) is 0 Å². The molecule has 3 nitrogen and oxygen atoms in total. The van der Waals surface area contributed by atoms with Gasteiger partial charge in [0.2, 0.25) is 0 Å². The first-order valence-electron chi connectivity index (χ1n) is 5.62. The predicted octanol–water partition coefficient (Wildman–Crippen LogP) is 1.43. The first-order valence-corrected chi connectivity index (χ1v) is 5.62. The minimum atomic E-state index is 0.708. The molecule has 0 amide bonds. The number of nitrogens with one attached hydrogen (secondary N) is 1. The molecule has 0 radical (unpaired) electrons. The van der Waals surface area contributed by atoms with Gasteiger partial charge in [0, 0.05) is 19.8 Å². The van der Waals surface area contributed by atoms with Crippen molar-refractivity contribution in [3.05, 3.63) is 0 Å². The first kappa shape index (κ1) is 12.0. The van der Waals surface area contributed by atoms with Crippen LogP contribution in [0, 0.1) is 5.92 Å². The van der Waals surface area contributed by atoms with Crippen molar-refractivity contribution in [1.29, 1.82) is 0 Å². The summed E-state index contributed by atoms with van der Waals surface area (Å²) < 4.78 is 10.4. The van der Waals surface area contributed by atoms with E-state index in [1.54, 1.807) is 7.11 Å². The third-order valence-corrected chi connectivity index (χ3v) is 3.09. The van der Waals surface area contributed by atoms with Gasteiger partial charge in [-0.1, -0.05) is 6.42 Å². The Labute approximate surface area is 87.2 Å². The molecule has 1 saturated carbocycles. The van der Waals surface area contributed by atoms with Gasteiger partial charge in [-0.3, -0.25) is 0 Å². The third kappa shape index (κ3) is 3.95. The van der Waals surface area contributed by atoms with Crippen molar-refractivity contribution in [2.75, 3.05) is 34.0 Å². The molecule has 84 valence electrons. The molecule has 1 aliphatic carbocycles. The highest BCUT2D eigenvalue weighted by atomic mass is 16.5. The highest BCUT2D eigenvalue weighted by Crippen LogP contribution is 2.27. The second-order valence-electron chi connectivity index (χ2n) is 3.98. The lowest BCUT2D eigenvalue weighted by atomic mass is 10.0. The van der Waals surface area contributed by atoms with Gasteiger partial charge in [-0.2, -0.15) is 0 Å². The van der Waals surface area contributed by atoms with E-state index in [1.807, 2.05) is 0 Å². The average Bonchev–Trinajstić information content (AvgIpc) is 2.65. The summed E-state index contributed by atoms with van der Waals surface area (Å²) in [5, 5.41) is 3.39. The van der Waals surface area contributed by atoms with Crippen molar-refractivity contribution in [3.8, 4) is 0 Å². The maximum absolute atomic E-state index is 5.48. The lowest BCUT2D eigenvalue weighted by molar-refractivity contribution is 0.0626. The fraction of sp³-hybridized carbons (Fsp3) is 1.00. The molecule has 1 fully saturated rings. The van der Waals surface area contributed by atoms with E-state index >= 15 is 0 Å². The molecule has 0 heterocycles. The van der Waals surface area contributed by atoms with Crippen LogP contribution in [0.3, 0.4) is 0 Å². The summed E-state index contributed by atoms with van der Waals surface area (Å²) in [4.78, 5) is 0. The Morgan fingerprint density at radius 2 is 2.07 bits per heavy atom. The van der Waals surface area contributed by atoms with E-state index < -0.39 is 0 Å². The normalized spacial score (nSPS) is 27.0. The molecule has 0 aromatic heterocycles. The van der Waals surface area contributed by atoms with Crippen molar-refractivity contribution in [3.63, 3.8) is 0 Å². The molecule has 0 spiro atoms. The molecule has 0 saturated heterocycles. The van der Waals surface area contributed by atoms with Gasteiger partial charge in [0.15, 0.2) is 0 Å². The van der Waals surface area contributed by atoms with Crippen LogP contribution >= 0.6 is 0 Å². The maximum atomic E-state index is 5.48. The van der Waals surface area contributed by atoms with Crippen LogP contribution in [0.5, 0.6) is 0 Å². The zero-order valence-electron chi connectivity index (χ0n) is 9.42. The Bertz CT molecular complexity index is 141. The lowest BCUT2D eigenvalue weighted by Crippen LogP contribution is -2.29. The van der Waals surface area contributed by atoms with Crippen LogP contribution in [0.25, 0.3) is 0 Å². The molecule has 2 atom stereocenters. The fourth-order valence-electron chi connectivity index (χ4n) is 2.24. The molecular weight excluding hydrogens is 178 g/mol. The monoisotopic (exact) mass is 201 g/mol. The Hall–Kier alpha value is -0.120. The number of ether oxygens (including phenoxy) is 2. The molecule has 0 aromatic rings. The maximum Gasteiger partial charge on any atom is 0.0700 e. The SMILES string of the molecule is CNC1CCCC1CCOCCOC. The summed E-state index contributed by atoms with van der Waals surface area (Å²) in [6.45, 7) is 2.32. The summed E-state index contributed by atoms with van der Waals surface area (Å²) in [5.74, 6) is 0.822. The average molecular weight is 201 g/mol. The quantitative estimate of drug-likeness (QED) is 0.632. The summed E-state index contributed by atoms with van der Waals surface area (Å²) >= 11 is 0. The van der Waals surface area contributed by atoms with Crippen molar-refractivity contribution in [2.45, 2.75) is 31.7 Å². The fourth-order valence-corrected chi connectivity index (χ4v) is 2.24. The smallest absolute Gasteiger partial charge is 0.0700 e. The highest BCUT2D eigenvalue weighted by Gasteiger charge is 2.24. The van der Waals surface area contributed by atoms with Crippen LogP contribution < -0.4 is 5.32 Å². The number of rotatable bonds is 7. The zero-order valence-corrected chi connectivity index (χ0v) is 9.42. The van der Waals surface area contributed by atoms with E-state index in [0.29, 0.717) is 6.61 Å². The first-order chi connectivity index (χ1) is 6.88. The number of hydrogen-bond donors (Lipinski definition) is 1. The standard InChI is InChI=1S/C11H23NO2/c1-12-11-5-3-4-10(11)6-7-14-9-8-13-2/h10-12H,3-9H2,1-2H3. The zero-order chi connectivity index (χ0) is 10.2. The van der Waals surface area contributed by atoms with Gasteiger partial charge >= 0.3 is 0 Å². The van der Waals surface area contributed by atoms with Gasteiger partial charge < -0.3 is 14.8 Å². The molecule has 1 rings (SSSR count). The molecule has 3 heteroatoms. The van der Waals surface area contributed by atoms with Gasteiger partial charge in [-0.15, -0.1) is 0 Å². The largest absolute Gasteiger partial charge is 0.382 e. The van der Waals surface area contributed by atoms with Gasteiger partial charge in [0.25, 0.3) is 0 Å². The summed E-state index contributed by atoms with van der Waals surface area (Å²) in [5.41, 5.74) is 0. The molecule has 14 heavy (non-hydrogen) atoms. The van der Waals surface area contributed by atoms with E-state index in [1.165, 1.54) is 25.7 Å². The van der Waals surface area contributed by atoms with E-state index in [4.69, 9.17) is 9.47 Å². The van der Waals surface area contributed by atoms with Gasteiger partial charge in [0.05, 0.1) is 13.2 Å². The van der Waals surface area contributed by atoms with E-state index in [-0.39, 0.29) is 0 Å². The Morgan fingerprint density at radius 1 is 1.21 bits per heavy atom. The Kier molecular flexibility index (Phi) is 6.15. The molecule has 0 bridgehead atoms. The van der Waals surface area contributed by atoms with Crippen molar-refractivity contribution in [1.82, 2.24) is 5.32 Å². The second kappa shape index (κ2) is 7.21. The van der Waals surface area contributed by atoms with Crippen LogP contribution in [-0.2, 0) is 9.47 Å². The van der Waals surface area contributed by atoms with Crippen LogP contribution in [0.15, 0.2) is 0 Å². The van der Waals surface area contributed by atoms with Crippen LogP contribution in [0.4, 0.5) is 0 Å². The molecular formula is C11H23NO2.